The van der Waals surface area contributed by atoms with Crippen LogP contribution in [0, 0.1) is 0 Å². The van der Waals surface area contributed by atoms with Crippen LogP contribution < -0.4 is 5.32 Å². The van der Waals surface area contributed by atoms with Crippen LogP contribution in [-0.2, 0) is 5.41 Å². The Balaban J connectivity index is 1.64. The average molecular weight is 438 g/mol. The molecule has 0 unspecified atom stereocenters. The molecule has 4 rings (SSSR count). The summed E-state index contributed by atoms with van der Waals surface area (Å²) < 4.78 is 0. The molecule has 0 aliphatic carbocycles. The second-order valence-corrected chi connectivity index (χ2v) is 9.22. The third kappa shape index (κ3) is 5.08. The molecule has 0 aliphatic rings. The summed E-state index contributed by atoms with van der Waals surface area (Å²) in [6.45, 7) is 3.20. The average Bonchev–Trinajstić information content (AvgIpc) is 2.88. The molecule has 0 fully saturated rings. The van der Waals surface area contributed by atoms with Crippen molar-refractivity contribution in [2.24, 2.45) is 0 Å². The molecule has 0 radical (unpaired) electrons. The second-order valence-electron chi connectivity index (χ2n) is 8.05. The number of hydrogen-bond donors (Lipinski definition) is 1. The van der Waals surface area contributed by atoms with Gasteiger partial charge < -0.3 is 5.32 Å². The first kappa shape index (κ1) is 22.2. The highest BCUT2D eigenvalue weighted by molar-refractivity contribution is 7.99. The number of benzene rings is 4. The molecular formula is C30H31NS. The van der Waals surface area contributed by atoms with Crippen LogP contribution in [0.3, 0.4) is 0 Å². The highest BCUT2D eigenvalue weighted by atomic mass is 32.2. The summed E-state index contributed by atoms with van der Waals surface area (Å²) in [7, 11) is 0. The van der Waals surface area contributed by atoms with Crippen molar-refractivity contribution in [3.8, 4) is 0 Å². The molecule has 162 valence electrons. The molecule has 0 amide bonds. The predicted octanol–water partition coefficient (Wildman–Crippen LogP) is 8.03. The first-order chi connectivity index (χ1) is 15.8. The van der Waals surface area contributed by atoms with Crippen LogP contribution >= 0.6 is 11.8 Å². The maximum Gasteiger partial charge on any atom is 0.0459 e. The van der Waals surface area contributed by atoms with Gasteiger partial charge in [-0.3, -0.25) is 0 Å². The van der Waals surface area contributed by atoms with Crippen LogP contribution in [0.5, 0.6) is 0 Å². The van der Waals surface area contributed by atoms with Crippen LogP contribution in [0.2, 0.25) is 0 Å². The number of anilines is 1. The van der Waals surface area contributed by atoms with E-state index in [1.54, 1.807) is 0 Å². The fraction of sp³-hybridized carbons (Fsp3) is 0.200. The standard InChI is InChI=1S/C30H31NS/c1-2-23-31-28-18-20-29(21-19-28)32-24-22-30(25-12-6-3-7-13-25,26-14-8-4-9-15-26)27-16-10-5-11-17-27/h3-21,31H,2,22-24H2,1H3. The largest absolute Gasteiger partial charge is 0.385 e. The molecule has 4 aromatic rings. The molecule has 0 aliphatic heterocycles. The lowest BCUT2D eigenvalue weighted by Gasteiger charge is -2.36. The minimum Gasteiger partial charge on any atom is -0.385 e. The van der Waals surface area contributed by atoms with E-state index in [9.17, 15) is 0 Å². The third-order valence-corrected chi connectivity index (χ3v) is 6.99. The highest BCUT2D eigenvalue weighted by Crippen LogP contribution is 2.43. The van der Waals surface area contributed by atoms with Gasteiger partial charge in [-0.05, 0) is 59.6 Å². The van der Waals surface area contributed by atoms with Crippen molar-refractivity contribution in [2.45, 2.75) is 30.1 Å². The Kier molecular flexibility index (Phi) is 7.68. The van der Waals surface area contributed by atoms with Crippen molar-refractivity contribution in [1.29, 1.82) is 0 Å². The zero-order valence-electron chi connectivity index (χ0n) is 18.7. The third-order valence-electron chi connectivity index (χ3n) is 5.98. The monoisotopic (exact) mass is 437 g/mol. The van der Waals surface area contributed by atoms with E-state index in [2.05, 4.69) is 128 Å². The Bertz CT molecular complexity index is 963. The Morgan fingerprint density at radius 3 is 1.53 bits per heavy atom. The SMILES string of the molecule is CCCNc1ccc(SCCC(c2ccccc2)(c2ccccc2)c2ccccc2)cc1. The fourth-order valence-electron chi connectivity index (χ4n) is 4.36. The van der Waals surface area contributed by atoms with Gasteiger partial charge >= 0.3 is 0 Å². The van der Waals surface area contributed by atoms with E-state index in [4.69, 9.17) is 0 Å². The maximum absolute atomic E-state index is 3.46. The maximum atomic E-state index is 3.46. The minimum atomic E-state index is -0.181. The van der Waals surface area contributed by atoms with Gasteiger partial charge in [-0.2, -0.15) is 0 Å². The van der Waals surface area contributed by atoms with E-state index in [1.165, 1.54) is 27.3 Å². The van der Waals surface area contributed by atoms with Crippen molar-refractivity contribution >= 4 is 17.4 Å². The van der Waals surface area contributed by atoms with Crippen LogP contribution in [0.1, 0.15) is 36.5 Å². The topological polar surface area (TPSA) is 12.0 Å². The number of rotatable bonds is 10. The molecule has 1 N–H and O–H groups in total. The summed E-state index contributed by atoms with van der Waals surface area (Å²) in [4.78, 5) is 1.31. The predicted molar refractivity (Wildman–Crippen MR) is 140 cm³/mol. The molecular weight excluding hydrogens is 406 g/mol. The Labute approximate surface area is 196 Å². The van der Waals surface area contributed by atoms with Gasteiger partial charge in [0.15, 0.2) is 0 Å². The van der Waals surface area contributed by atoms with E-state index in [0.29, 0.717) is 0 Å². The summed E-state index contributed by atoms with van der Waals surface area (Å²) in [5, 5.41) is 3.46. The Hall–Kier alpha value is -2.97. The molecule has 0 aromatic heterocycles. The van der Waals surface area contributed by atoms with Crippen molar-refractivity contribution in [3.63, 3.8) is 0 Å². The fourth-order valence-corrected chi connectivity index (χ4v) is 5.33. The molecule has 4 aromatic carbocycles. The van der Waals surface area contributed by atoms with Gasteiger partial charge in [0.25, 0.3) is 0 Å². The van der Waals surface area contributed by atoms with Crippen LogP contribution in [0.4, 0.5) is 5.69 Å². The first-order valence-corrected chi connectivity index (χ1v) is 12.4. The zero-order chi connectivity index (χ0) is 22.1. The number of hydrogen-bond acceptors (Lipinski definition) is 2. The number of nitrogens with one attached hydrogen (secondary N) is 1. The van der Waals surface area contributed by atoms with E-state index in [0.717, 1.165) is 25.1 Å². The van der Waals surface area contributed by atoms with Gasteiger partial charge in [0.2, 0.25) is 0 Å². The molecule has 0 bridgehead atoms. The quantitative estimate of drug-likeness (QED) is 0.199. The van der Waals surface area contributed by atoms with Gasteiger partial charge in [0, 0.05) is 22.5 Å². The lowest BCUT2D eigenvalue weighted by Crippen LogP contribution is -2.30. The molecule has 32 heavy (non-hydrogen) atoms. The highest BCUT2D eigenvalue weighted by Gasteiger charge is 2.35. The summed E-state index contributed by atoms with van der Waals surface area (Å²) in [6, 6.07) is 41.8. The van der Waals surface area contributed by atoms with Gasteiger partial charge in [0.05, 0.1) is 0 Å². The first-order valence-electron chi connectivity index (χ1n) is 11.5. The van der Waals surface area contributed by atoms with Crippen molar-refractivity contribution < 1.29 is 0 Å². The summed E-state index contributed by atoms with van der Waals surface area (Å²) in [5.41, 5.74) is 5.05. The Morgan fingerprint density at radius 1 is 0.625 bits per heavy atom. The van der Waals surface area contributed by atoms with Crippen LogP contribution in [0.15, 0.2) is 120 Å². The van der Waals surface area contributed by atoms with Gasteiger partial charge in [-0.25, -0.2) is 0 Å². The van der Waals surface area contributed by atoms with Crippen LogP contribution in [-0.4, -0.2) is 12.3 Å². The summed E-state index contributed by atoms with van der Waals surface area (Å²) in [6.07, 6.45) is 2.16. The molecule has 0 heterocycles. The van der Waals surface area contributed by atoms with Crippen molar-refractivity contribution in [1.82, 2.24) is 0 Å². The lowest BCUT2D eigenvalue weighted by atomic mass is 9.68. The normalized spacial score (nSPS) is 11.3. The number of thioether (sulfide) groups is 1. The molecule has 0 saturated carbocycles. The minimum absolute atomic E-state index is 0.181. The molecule has 1 nitrogen and oxygen atoms in total. The molecule has 0 saturated heterocycles. The smallest absolute Gasteiger partial charge is 0.0459 e. The zero-order valence-corrected chi connectivity index (χ0v) is 19.5. The summed E-state index contributed by atoms with van der Waals surface area (Å²) in [5.74, 6) is 1.03. The van der Waals surface area contributed by atoms with E-state index in [-0.39, 0.29) is 5.41 Å². The van der Waals surface area contributed by atoms with E-state index >= 15 is 0 Å². The Morgan fingerprint density at radius 2 is 1.09 bits per heavy atom. The van der Waals surface area contributed by atoms with Crippen molar-refractivity contribution in [3.05, 3.63) is 132 Å². The lowest BCUT2D eigenvalue weighted by molar-refractivity contribution is 0.599. The molecule has 2 heteroatoms. The van der Waals surface area contributed by atoms with Gasteiger partial charge in [0.1, 0.15) is 0 Å². The molecule has 0 atom stereocenters. The van der Waals surface area contributed by atoms with E-state index < -0.39 is 0 Å². The van der Waals surface area contributed by atoms with Crippen LogP contribution in [0.25, 0.3) is 0 Å². The van der Waals surface area contributed by atoms with Gasteiger partial charge in [-0.1, -0.05) is 97.9 Å². The summed E-state index contributed by atoms with van der Waals surface area (Å²) >= 11 is 1.94. The van der Waals surface area contributed by atoms with Gasteiger partial charge in [-0.15, -0.1) is 11.8 Å². The molecule has 0 spiro atoms. The van der Waals surface area contributed by atoms with Crippen molar-refractivity contribution in [2.75, 3.05) is 17.6 Å². The second kappa shape index (κ2) is 11.1. The van der Waals surface area contributed by atoms with E-state index in [1.807, 2.05) is 11.8 Å².